The molecule has 5 heteroatoms. The molecule has 4 nitrogen and oxygen atoms in total. The molecule has 0 bridgehead atoms. The van der Waals surface area contributed by atoms with Gasteiger partial charge in [-0.15, -0.1) is 0 Å². The fourth-order valence-electron chi connectivity index (χ4n) is 1.92. The Bertz CT molecular complexity index is 643. The van der Waals surface area contributed by atoms with Crippen LogP contribution in [0.4, 0.5) is 11.5 Å². The Kier molecular flexibility index (Phi) is 5.33. The molecule has 110 valence electrons. The van der Waals surface area contributed by atoms with Crippen molar-refractivity contribution in [2.45, 2.75) is 20.3 Å². The third-order valence-corrected chi connectivity index (χ3v) is 3.35. The SMILES string of the molecule is CCCNc1ncc(Br)cc1C(=O)Nc1cccc(C)c1. The quantitative estimate of drug-likeness (QED) is 0.850. The minimum Gasteiger partial charge on any atom is -0.369 e. The Balaban J connectivity index is 2.23. The molecule has 0 saturated carbocycles. The van der Waals surface area contributed by atoms with E-state index < -0.39 is 0 Å². The van der Waals surface area contributed by atoms with Gasteiger partial charge in [0.2, 0.25) is 0 Å². The van der Waals surface area contributed by atoms with E-state index in [4.69, 9.17) is 0 Å². The number of pyridine rings is 1. The fourth-order valence-corrected chi connectivity index (χ4v) is 2.25. The van der Waals surface area contributed by atoms with Gasteiger partial charge in [-0.1, -0.05) is 19.1 Å². The number of anilines is 2. The summed E-state index contributed by atoms with van der Waals surface area (Å²) in [7, 11) is 0. The molecule has 2 aromatic rings. The first kappa shape index (κ1) is 15.5. The van der Waals surface area contributed by atoms with Crippen molar-refractivity contribution in [3.8, 4) is 0 Å². The van der Waals surface area contributed by atoms with Gasteiger partial charge in [-0.25, -0.2) is 4.98 Å². The predicted molar refractivity (Wildman–Crippen MR) is 89.8 cm³/mol. The number of halogens is 1. The van der Waals surface area contributed by atoms with Crippen LogP contribution in [0.25, 0.3) is 0 Å². The highest BCUT2D eigenvalue weighted by Gasteiger charge is 2.13. The van der Waals surface area contributed by atoms with E-state index in [9.17, 15) is 4.79 Å². The van der Waals surface area contributed by atoms with Crippen LogP contribution in [0.1, 0.15) is 29.3 Å². The minimum atomic E-state index is -0.173. The van der Waals surface area contributed by atoms with Gasteiger partial charge >= 0.3 is 0 Å². The Morgan fingerprint density at radius 2 is 2.14 bits per heavy atom. The van der Waals surface area contributed by atoms with E-state index in [0.29, 0.717) is 11.4 Å². The molecule has 0 aliphatic carbocycles. The number of carbonyl (C=O) groups is 1. The third kappa shape index (κ3) is 4.29. The second-order valence-electron chi connectivity index (χ2n) is 4.80. The smallest absolute Gasteiger partial charge is 0.259 e. The first-order valence-corrected chi connectivity index (χ1v) is 7.67. The maximum Gasteiger partial charge on any atom is 0.259 e. The van der Waals surface area contributed by atoms with Crippen molar-refractivity contribution in [3.05, 3.63) is 52.1 Å². The van der Waals surface area contributed by atoms with Crippen LogP contribution in [-0.2, 0) is 0 Å². The molecule has 0 atom stereocenters. The van der Waals surface area contributed by atoms with Gasteiger partial charge < -0.3 is 10.6 Å². The van der Waals surface area contributed by atoms with Crippen molar-refractivity contribution in [3.63, 3.8) is 0 Å². The van der Waals surface area contributed by atoms with E-state index in [2.05, 4.69) is 38.5 Å². The van der Waals surface area contributed by atoms with Gasteiger partial charge in [-0.3, -0.25) is 4.79 Å². The molecule has 2 N–H and O–H groups in total. The second kappa shape index (κ2) is 7.22. The summed E-state index contributed by atoms with van der Waals surface area (Å²) in [6.07, 6.45) is 2.65. The number of nitrogens with zero attached hydrogens (tertiary/aromatic N) is 1. The van der Waals surface area contributed by atoms with Crippen LogP contribution in [0.5, 0.6) is 0 Å². The molecule has 0 radical (unpaired) electrons. The number of hydrogen-bond donors (Lipinski definition) is 2. The van der Waals surface area contributed by atoms with E-state index in [0.717, 1.165) is 28.7 Å². The first-order chi connectivity index (χ1) is 10.1. The Morgan fingerprint density at radius 1 is 1.33 bits per heavy atom. The Hall–Kier alpha value is -1.88. The number of carbonyl (C=O) groups excluding carboxylic acids is 1. The highest BCUT2D eigenvalue weighted by atomic mass is 79.9. The zero-order valence-electron chi connectivity index (χ0n) is 12.1. The molecule has 1 amide bonds. The maximum absolute atomic E-state index is 12.4. The van der Waals surface area contributed by atoms with Crippen LogP contribution in [0.15, 0.2) is 41.0 Å². The number of hydrogen-bond acceptors (Lipinski definition) is 3. The third-order valence-electron chi connectivity index (χ3n) is 2.92. The van der Waals surface area contributed by atoms with E-state index in [-0.39, 0.29) is 5.91 Å². The highest BCUT2D eigenvalue weighted by Crippen LogP contribution is 2.20. The zero-order valence-corrected chi connectivity index (χ0v) is 13.7. The summed E-state index contributed by atoms with van der Waals surface area (Å²) in [5, 5.41) is 6.08. The van der Waals surface area contributed by atoms with Crippen LogP contribution < -0.4 is 10.6 Å². The monoisotopic (exact) mass is 347 g/mol. The van der Waals surface area contributed by atoms with E-state index in [1.54, 1.807) is 12.3 Å². The molecule has 0 aliphatic rings. The van der Waals surface area contributed by atoms with Gasteiger partial charge in [0, 0.05) is 22.9 Å². The van der Waals surface area contributed by atoms with Gasteiger partial charge in [0.25, 0.3) is 5.91 Å². The summed E-state index contributed by atoms with van der Waals surface area (Å²) in [4.78, 5) is 16.7. The molecule has 1 heterocycles. The topological polar surface area (TPSA) is 54.0 Å². The van der Waals surface area contributed by atoms with Crippen molar-refractivity contribution in [2.75, 3.05) is 17.2 Å². The summed E-state index contributed by atoms with van der Waals surface area (Å²) >= 11 is 3.36. The molecule has 0 saturated heterocycles. The molecule has 1 aromatic heterocycles. The first-order valence-electron chi connectivity index (χ1n) is 6.87. The lowest BCUT2D eigenvalue weighted by molar-refractivity contribution is 0.102. The van der Waals surface area contributed by atoms with Gasteiger partial charge in [0.05, 0.1) is 5.56 Å². The fraction of sp³-hybridized carbons (Fsp3) is 0.250. The van der Waals surface area contributed by atoms with Gasteiger partial charge in [0.15, 0.2) is 0 Å². The molecule has 2 rings (SSSR count). The van der Waals surface area contributed by atoms with Gasteiger partial charge in [0.1, 0.15) is 5.82 Å². The zero-order chi connectivity index (χ0) is 15.2. The van der Waals surface area contributed by atoms with Crippen molar-refractivity contribution < 1.29 is 4.79 Å². The molecule has 0 spiro atoms. The number of amides is 1. The predicted octanol–water partition coefficient (Wildman–Crippen LogP) is 4.23. The molecule has 1 aromatic carbocycles. The van der Waals surface area contributed by atoms with Crippen LogP contribution >= 0.6 is 15.9 Å². The number of benzene rings is 1. The molecule has 21 heavy (non-hydrogen) atoms. The van der Waals surface area contributed by atoms with Crippen molar-refractivity contribution >= 4 is 33.3 Å². The van der Waals surface area contributed by atoms with E-state index >= 15 is 0 Å². The van der Waals surface area contributed by atoms with E-state index in [1.807, 2.05) is 31.2 Å². The second-order valence-corrected chi connectivity index (χ2v) is 5.72. The molecular weight excluding hydrogens is 330 g/mol. The van der Waals surface area contributed by atoms with Crippen LogP contribution in [-0.4, -0.2) is 17.4 Å². The minimum absolute atomic E-state index is 0.173. The normalized spacial score (nSPS) is 10.2. The summed E-state index contributed by atoms with van der Waals surface area (Å²) in [6, 6.07) is 9.49. The van der Waals surface area contributed by atoms with Gasteiger partial charge in [-0.2, -0.15) is 0 Å². The standard InChI is InChI=1S/C16H18BrN3O/c1-3-7-18-15-14(9-12(17)10-19-15)16(21)20-13-6-4-5-11(2)8-13/h4-6,8-10H,3,7H2,1-2H3,(H,18,19)(H,20,21). The average Bonchev–Trinajstić information content (AvgIpc) is 2.46. The number of aromatic nitrogens is 1. The number of nitrogens with one attached hydrogen (secondary N) is 2. The lowest BCUT2D eigenvalue weighted by Crippen LogP contribution is -2.16. The van der Waals surface area contributed by atoms with Gasteiger partial charge in [-0.05, 0) is 53.0 Å². The summed E-state index contributed by atoms with van der Waals surface area (Å²) in [5.41, 5.74) is 2.41. The molecule has 0 unspecified atom stereocenters. The largest absolute Gasteiger partial charge is 0.369 e. The molecule has 0 aliphatic heterocycles. The van der Waals surface area contributed by atoms with Crippen molar-refractivity contribution in [1.82, 2.24) is 4.98 Å². The van der Waals surface area contributed by atoms with Crippen LogP contribution in [0, 0.1) is 6.92 Å². The summed E-state index contributed by atoms with van der Waals surface area (Å²) in [5.74, 6) is 0.429. The van der Waals surface area contributed by atoms with E-state index in [1.165, 1.54) is 0 Å². The molecular formula is C16H18BrN3O. The van der Waals surface area contributed by atoms with Crippen molar-refractivity contribution in [1.29, 1.82) is 0 Å². The Morgan fingerprint density at radius 3 is 2.86 bits per heavy atom. The van der Waals surface area contributed by atoms with Crippen LogP contribution in [0.2, 0.25) is 0 Å². The Labute approximate surface area is 133 Å². The average molecular weight is 348 g/mol. The lowest BCUT2D eigenvalue weighted by atomic mass is 10.2. The van der Waals surface area contributed by atoms with Crippen LogP contribution in [0.3, 0.4) is 0 Å². The maximum atomic E-state index is 12.4. The number of rotatable bonds is 5. The number of aryl methyl sites for hydroxylation is 1. The highest BCUT2D eigenvalue weighted by molar-refractivity contribution is 9.10. The lowest BCUT2D eigenvalue weighted by Gasteiger charge is -2.11. The van der Waals surface area contributed by atoms with Crippen molar-refractivity contribution in [2.24, 2.45) is 0 Å². The summed E-state index contributed by atoms with van der Waals surface area (Å²) in [6.45, 7) is 4.84. The summed E-state index contributed by atoms with van der Waals surface area (Å²) < 4.78 is 0.777. The molecule has 0 fully saturated rings.